The Balaban J connectivity index is 1.55. The van der Waals surface area contributed by atoms with Crippen LogP contribution in [0.5, 0.6) is 0 Å². The number of benzene rings is 2. The maximum Gasteiger partial charge on any atom is 0.226 e. The van der Waals surface area contributed by atoms with Crippen LogP contribution < -0.4 is 5.32 Å². The standard InChI is InChI=1S/C18H14F2N2OS2/c19-12-6-7-14(15(20)10-12)16-11-25-18(21-16)22-17(23)8-9-24-13-4-2-1-3-5-13/h1-7,10-11H,8-9H2,(H,21,22,23). The van der Waals surface area contributed by atoms with Gasteiger partial charge in [-0.15, -0.1) is 23.1 Å². The second kappa shape index (κ2) is 8.22. The van der Waals surface area contributed by atoms with E-state index in [0.29, 0.717) is 23.0 Å². The quantitative estimate of drug-likeness (QED) is 0.601. The normalized spacial score (nSPS) is 10.6. The Morgan fingerprint density at radius 3 is 2.72 bits per heavy atom. The summed E-state index contributed by atoms with van der Waals surface area (Å²) in [5.41, 5.74) is 0.578. The van der Waals surface area contributed by atoms with Crippen LogP contribution in [-0.2, 0) is 4.79 Å². The van der Waals surface area contributed by atoms with Crippen molar-refractivity contribution in [2.45, 2.75) is 11.3 Å². The number of carbonyl (C=O) groups is 1. The molecule has 128 valence electrons. The molecule has 3 nitrogen and oxygen atoms in total. The van der Waals surface area contributed by atoms with Gasteiger partial charge >= 0.3 is 0 Å². The molecule has 25 heavy (non-hydrogen) atoms. The fourth-order valence-corrected chi connectivity index (χ4v) is 3.71. The van der Waals surface area contributed by atoms with E-state index in [0.717, 1.165) is 11.0 Å². The summed E-state index contributed by atoms with van der Waals surface area (Å²) in [6.45, 7) is 0. The average molecular weight is 376 g/mol. The van der Waals surface area contributed by atoms with E-state index in [4.69, 9.17) is 0 Å². The van der Waals surface area contributed by atoms with Gasteiger partial charge in [0.2, 0.25) is 5.91 Å². The molecule has 0 atom stereocenters. The largest absolute Gasteiger partial charge is 0.302 e. The van der Waals surface area contributed by atoms with Crippen molar-refractivity contribution in [3.63, 3.8) is 0 Å². The first-order chi connectivity index (χ1) is 12.1. The molecule has 0 aliphatic carbocycles. The number of thiazole rings is 1. The summed E-state index contributed by atoms with van der Waals surface area (Å²) in [5.74, 6) is -0.812. The van der Waals surface area contributed by atoms with Crippen molar-refractivity contribution in [1.29, 1.82) is 0 Å². The molecule has 7 heteroatoms. The Labute approximate surface area is 152 Å². The van der Waals surface area contributed by atoms with E-state index in [2.05, 4.69) is 10.3 Å². The molecular weight excluding hydrogens is 362 g/mol. The average Bonchev–Trinajstić information content (AvgIpc) is 3.04. The highest BCUT2D eigenvalue weighted by Gasteiger charge is 2.12. The van der Waals surface area contributed by atoms with Crippen LogP contribution in [0.1, 0.15) is 6.42 Å². The topological polar surface area (TPSA) is 42.0 Å². The summed E-state index contributed by atoms with van der Waals surface area (Å²) >= 11 is 2.81. The molecule has 2 aromatic carbocycles. The lowest BCUT2D eigenvalue weighted by Crippen LogP contribution is -2.11. The van der Waals surface area contributed by atoms with Gasteiger partial charge in [0.1, 0.15) is 11.6 Å². The number of carbonyl (C=O) groups excluding carboxylic acids is 1. The number of nitrogens with one attached hydrogen (secondary N) is 1. The van der Waals surface area contributed by atoms with Gasteiger partial charge in [0.15, 0.2) is 5.13 Å². The van der Waals surface area contributed by atoms with Gasteiger partial charge < -0.3 is 5.32 Å². The predicted octanol–water partition coefficient (Wildman–Crippen LogP) is 5.21. The third-order valence-corrected chi connectivity index (χ3v) is 5.07. The molecule has 1 N–H and O–H groups in total. The van der Waals surface area contributed by atoms with E-state index in [1.54, 1.807) is 17.1 Å². The second-order valence-electron chi connectivity index (χ2n) is 5.12. The molecule has 1 aromatic heterocycles. The van der Waals surface area contributed by atoms with Crippen LogP contribution in [0.2, 0.25) is 0 Å². The zero-order chi connectivity index (χ0) is 17.6. The predicted molar refractivity (Wildman–Crippen MR) is 97.9 cm³/mol. The molecule has 3 aromatic rings. The van der Waals surface area contributed by atoms with Crippen LogP contribution in [0, 0.1) is 11.6 Å². The highest BCUT2D eigenvalue weighted by atomic mass is 32.2. The van der Waals surface area contributed by atoms with Gasteiger partial charge in [-0.05, 0) is 24.3 Å². The van der Waals surface area contributed by atoms with Crippen LogP contribution in [-0.4, -0.2) is 16.6 Å². The van der Waals surface area contributed by atoms with Crippen LogP contribution in [0.4, 0.5) is 13.9 Å². The van der Waals surface area contributed by atoms with Crippen LogP contribution in [0.3, 0.4) is 0 Å². The summed E-state index contributed by atoms with van der Waals surface area (Å²) in [6, 6.07) is 13.2. The van der Waals surface area contributed by atoms with E-state index < -0.39 is 11.6 Å². The smallest absolute Gasteiger partial charge is 0.226 e. The zero-order valence-electron chi connectivity index (χ0n) is 13.0. The van der Waals surface area contributed by atoms with Crippen molar-refractivity contribution < 1.29 is 13.6 Å². The SMILES string of the molecule is O=C(CCSc1ccccc1)Nc1nc(-c2ccc(F)cc2F)cs1. The second-order valence-corrected chi connectivity index (χ2v) is 7.15. The van der Waals surface area contributed by atoms with Crippen molar-refractivity contribution in [3.05, 3.63) is 65.5 Å². The van der Waals surface area contributed by atoms with Crippen LogP contribution in [0.15, 0.2) is 58.8 Å². The third kappa shape index (κ3) is 4.87. The van der Waals surface area contributed by atoms with E-state index in [1.807, 2.05) is 30.3 Å². The molecule has 1 amide bonds. The monoisotopic (exact) mass is 376 g/mol. The van der Waals surface area contributed by atoms with E-state index in [1.165, 1.54) is 23.5 Å². The van der Waals surface area contributed by atoms with Crippen LogP contribution in [0.25, 0.3) is 11.3 Å². The van der Waals surface area contributed by atoms with Crippen LogP contribution >= 0.6 is 23.1 Å². The Kier molecular flexibility index (Phi) is 5.78. The molecule has 0 bridgehead atoms. The van der Waals surface area contributed by atoms with Gasteiger partial charge in [-0.1, -0.05) is 18.2 Å². The van der Waals surface area contributed by atoms with Gasteiger partial charge in [-0.3, -0.25) is 4.79 Å². The number of rotatable bonds is 6. The highest BCUT2D eigenvalue weighted by Crippen LogP contribution is 2.27. The maximum absolute atomic E-state index is 13.8. The Morgan fingerprint density at radius 1 is 1.16 bits per heavy atom. The fourth-order valence-electron chi connectivity index (χ4n) is 2.11. The molecular formula is C18H14F2N2OS2. The number of nitrogens with zero attached hydrogens (tertiary/aromatic N) is 1. The summed E-state index contributed by atoms with van der Waals surface area (Å²) in [5, 5.41) is 4.73. The third-order valence-electron chi connectivity index (χ3n) is 3.30. The first-order valence-electron chi connectivity index (χ1n) is 7.50. The maximum atomic E-state index is 13.8. The molecule has 0 fully saturated rings. The van der Waals surface area contributed by atoms with E-state index >= 15 is 0 Å². The number of thioether (sulfide) groups is 1. The number of amides is 1. The zero-order valence-corrected chi connectivity index (χ0v) is 14.7. The van der Waals surface area contributed by atoms with E-state index in [-0.39, 0.29) is 11.5 Å². The fraction of sp³-hybridized carbons (Fsp3) is 0.111. The Bertz CT molecular complexity index is 869. The molecule has 0 saturated heterocycles. The lowest BCUT2D eigenvalue weighted by atomic mass is 10.1. The van der Waals surface area contributed by atoms with Gasteiger partial charge in [-0.25, -0.2) is 13.8 Å². The van der Waals surface area contributed by atoms with Crippen molar-refractivity contribution in [2.75, 3.05) is 11.1 Å². The number of anilines is 1. The molecule has 0 aliphatic heterocycles. The first-order valence-corrected chi connectivity index (χ1v) is 9.37. The van der Waals surface area contributed by atoms with Crippen molar-refractivity contribution in [2.24, 2.45) is 0 Å². The molecule has 0 spiro atoms. The van der Waals surface area contributed by atoms with Gasteiger partial charge in [0.05, 0.1) is 5.69 Å². The van der Waals surface area contributed by atoms with Gasteiger partial charge in [0.25, 0.3) is 0 Å². The lowest BCUT2D eigenvalue weighted by Gasteiger charge is -2.02. The van der Waals surface area contributed by atoms with Gasteiger partial charge in [0, 0.05) is 34.1 Å². The number of halogens is 2. The molecule has 0 unspecified atom stereocenters. The molecule has 0 radical (unpaired) electrons. The minimum absolute atomic E-state index is 0.149. The summed E-state index contributed by atoms with van der Waals surface area (Å²) in [6.07, 6.45) is 0.347. The first kappa shape index (κ1) is 17.6. The number of hydrogen-bond donors (Lipinski definition) is 1. The summed E-state index contributed by atoms with van der Waals surface area (Å²) in [4.78, 5) is 17.3. The number of hydrogen-bond acceptors (Lipinski definition) is 4. The Hall–Kier alpha value is -2.25. The minimum atomic E-state index is -0.678. The van der Waals surface area contributed by atoms with Crippen molar-refractivity contribution >= 4 is 34.1 Å². The Morgan fingerprint density at radius 2 is 1.96 bits per heavy atom. The summed E-state index contributed by atoms with van der Waals surface area (Å²) in [7, 11) is 0. The number of aromatic nitrogens is 1. The van der Waals surface area contributed by atoms with Crippen molar-refractivity contribution in [1.82, 2.24) is 4.98 Å². The van der Waals surface area contributed by atoms with Crippen molar-refractivity contribution in [3.8, 4) is 11.3 Å². The van der Waals surface area contributed by atoms with Gasteiger partial charge in [-0.2, -0.15) is 0 Å². The molecule has 1 heterocycles. The summed E-state index contributed by atoms with van der Waals surface area (Å²) < 4.78 is 26.7. The minimum Gasteiger partial charge on any atom is -0.302 e. The van der Waals surface area contributed by atoms with E-state index in [9.17, 15) is 13.6 Å². The molecule has 0 aliphatic rings. The lowest BCUT2D eigenvalue weighted by molar-refractivity contribution is -0.115. The highest BCUT2D eigenvalue weighted by molar-refractivity contribution is 7.99. The molecule has 3 rings (SSSR count). The molecule has 0 saturated carbocycles.